The van der Waals surface area contributed by atoms with Gasteiger partial charge in [0.25, 0.3) is 5.91 Å². The molecule has 2 atom stereocenters. The highest BCUT2D eigenvalue weighted by atomic mass is 16.5. The van der Waals surface area contributed by atoms with Gasteiger partial charge in [0.15, 0.2) is 5.82 Å². The number of rotatable bonds is 4. The molecular formula is C11H17N5O2. The number of ether oxygens (including phenoxy) is 1. The Morgan fingerprint density at radius 2 is 2.44 bits per heavy atom. The van der Waals surface area contributed by atoms with Crippen LogP contribution in [0, 0.1) is 0 Å². The number of nitrogen functional groups attached to an aromatic ring is 1. The molecule has 1 aliphatic heterocycles. The predicted octanol–water partition coefficient (Wildman–Crippen LogP) is 0.0595. The van der Waals surface area contributed by atoms with E-state index in [0.29, 0.717) is 5.82 Å². The molecule has 1 saturated heterocycles. The highest BCUT2D eigenvalue weighted by Gasteiger charge is 2.24. The third-order valence-corrected chi connectivity index (χ3v) is 2.90. The number of hydrogen-bond donors (Lipinski definition) is 3. The highest BCUT2D eigenvalue weighted by molar-refractivity contribution is 5.92. The quantitative estimate of drug-likeness (QED) is 0.516. The maximum absolute atomic E-state index is 11.9. The molecule has 1 aromatic heterocycles. The number of hydrazine groups is 1. The van der Waals surface area contributed by atoms with Gasteiger partial charge < -0.3 is 15.5 Å². The Morgan fingerprint density at radius 1 is 1.61 bits per heavy atom. The maximum atomic E-state index is 11.9. The molecule has 0 bridgehead atoms. The fraction of sp³-hybridized carbons (Fsp3) is 0.545. The Morgan fingerprint density at radius 3 is 3.11 bits per heavy atom. The first-order valence-corrected chi connectivity index (χ1v) is 5.92. The fourth-order valence-electron chi connectivity index (χ4n) is 1.92. The van der Waals surface area contributed by atoms with Crippen molar-refractivity contribution in [2.24, 2.45) is 5.84 Å². The summed E-state index contributed by atoms with van der Waals surface area (Å²) in [4.78, 5) is 19.8. The van der Waals surface area contributed by atoms with Crippen molar-refractivity contribution >= 4 is 11.7 Å². The number of anilines is 1. The lowest BCUT2D eigenvalue weighted by Gasteiger charge is -2.19. The number of aromatic nitrogens is 2. The number of amides is 1. The van der Waals surface area contributed by atoms with Crippen LogP contribution in [0.1, 0.15) is 30.3 Å². The van der Waals surface area contributed by atoms with Crippen molar-refractivity contribution in [3.63, 3.8) is 0 Å². The summed E-state index contributed by atoms with van der Waals surface area (Å²) < 4.78 is 5.51. The van der Waals surface area contributed by atoms with Crippen LogP contribution >= 0.6 is 0 Å². The van der Waals surface area contributed by atoms with Crippen LogP contribution in [0.4, 0.5) is 5.82 Å². The summed E-state index contributed by atoms with van der Waals surface area (Å²) in [6.45, 7) is 2.68. The molecule has 98 valence electrons. The first kappa shape index (κ1) is 12.7. The third-order valence-electron chi connectivity index (χ3n) is 2.90. The third kappa shape index (κ3) is 2.93. The largest absolute Gasteiger partial charge is 0.376 e. The van der Waals surface area contributed by atoms with Gasteiger partial charge in [0, 0.05) is 6.61 Å². The molecule has 0 aromatic carbocycles. The van der Waals surface area contributed by atoms with Crippen LogP contribution in [0.25, 0.3) is 0 Å². The average Bonchev–Trinajstić information content (AvgIpc) is 2.92. The molecule has 18 heavy (non-hydrogen) atoms. The van der Waals surface area contributed by atoms with Crippen LogP contribution in [0.2, 0.25) is 0 Å². The Bertz CT molecular complexity index is 420. The molecule has 0 radical (unpaired) electrons. The van der Waals surface area contributed by atoms with Crippen LogP contribution in [-0.2, 0) is 4.74 Å². The van der Waals surface area contributed by atoms with E-state index < -0.39 is 0 Å². The van der Waals surface area contributed by atoms with E-state index >= 15 is 0 Å². The molecule has 0 saturated carbocycles. The van der Waals surface area contributed by atoms with Gasteiger partial charge in [-0.25, -0.2) is 10.8 Å². The van der Waals surface area contributed by atoms with Gasteiger partial charge in [-0.3, -0.25) is 9.78 Å². The summed E-state index contributed by atoms with van der Waals surface area (Å²) in [5.74, 6) is 5.29. The zero-order valence-corrected chi connectivity index (χ0v) is 10.2. The lowest BCUT2D eigenvalue weighted by atomic mass is 10.1. The lowest BCUT2D eigenvalue weighted by molar-refractivity contribution is 0.0709. The van der Waals surface area contributed by atoms with Gasteiger partial charge in [0.05, 0.1) is 24.5 Å². The van der Waals surface area contributed by atoms with Crippen molar-refractivity contribution in [2.75, 3.05) is 12.0 Å². The standard InChI is InChI=1S/C11H17N5O2/c1-7(9-3-2-4-18-9)14-11(17)8-5-13-6-10(15-8)16-12/h5-7,9H,2-4,12H2,1H3,(H,14,17)(H,15,16). The summed E-state index contributed by atoms with van der Waals surface area (Å²) in [7, 11) is 0. The normalized spacial score (nSPS) is 20.4. The Hall–Kier alpha value is -1.73. The molecule has 2 heterocycles. The number of carbonyl (C=O) groups excluding carboxylic acids is 1. The zero-order chi connectivity index (χ0) is 13.0. The molecule has 0 aliphatic carbocycles. The van der Waals surface area contributed by atoms with Gasteiger partial charge in [0.1, 0.15) is 5.69 Å². The van der Waals surface area contributed by atoms with E-state index in [9.17, 15) is 4.79 Å². The van der Waals surface area contributed by atoms with E-state index in [2.05, 4.69) is 20.7 Å². The van der Waals surface area contributed by atoms with E-state index in [-0.39, 0.29) is 23.7 Å². The summed E-state index contributed by atoms with van der Waals surface area (Å²) >= 11 is 0. The van der Waals surface area contributed by atoms with Crippen LogP contribution < -0.4 is 16.6 Å². The predicted molar refractivity (Wildman–Crippen MR) is 65.7 cm³/mol. The molecular weight excluding hydrogens is 234 g/mol. The molecule has 7 nitrogen and oxygen atoms in total. The highest BCUT2D eigenvalue weighted by Crippen LogP contribution is 2.15. The van der Waals surface area contributed by atoms with E-state index in [0.717, 1.165) is 19.4 Å². The van der Waals surface area contributed by atoms with E-state index in [1.54, 1.807) is 0 Å². The number of nitrogens with two attached hydrogens (primary N) is 1. The average molecular weight is 251 g/mol. The van der Waals surface area contributed by atoms with Gasteiger partial charge in [-0.2, -0.15) is 0 Å². The van der Waals surface area contributed by atoms with Crippen LogP contribution in [0.3, 0.4) is 0 Å². The Balaban J connectivity index is 1.97. The SMILES string of the molecule is CC(NC(=O)c1cncc(NN)n1)C1CCCO1. The van der Waals surface area contributed by atoms with Crippen molar-refractivity contribution < 1.29 is 9.53 Å². The van der Waals surface area contributed by atoms with Crippen molar-refractivity contribution in [3.8, 4) is 0 Å². The molecule has 1 aromatic rings. The summed E-state index contributed by atoms with van der Waals surface area (Å²) in [6, 6.07) is -0.0451. The van der Waals surface area contributed by atoms with Gasteiger partial charge in [-0.1, -0.05) is 0 Å². The molecule has 1 fully saturated rings. The first-order valence-electron chi connectivity index (χ1n) is 5.92. The topological polar surface area (TPSA) is 102 Å². The second kappa shape index (κ2) is 5.74. The van der Waals surface area contributed by atoms with E-state index in [4.69, 9.17) is 10.6 Å². The van der Waals surface area contributed by atoms with E-state index in [1.165, 1.54) is 12.4 Å². The number of nitrogens with one attached hydrogen (secondary N) is 2. The minimum absolute atomic E-state index is 0.0451. The Labute approximate surface area is 105 Å². The van der Waals surface area contributed by atoms with Crippen LogP contribution in [0.5, 0.6) is 0 Å². The van der Waals surface area contributed by atoms with Crippen molar-refractivity contribution in [1.29, 1.82) is 0 Å². The van der Waals surface area contributed by atoms with Gasteiger partial charge in [-0.05, 0) is 19.8 Å². The second-order valence-electron chi connectivity index (χ2n) is 4.25. The molecule has 1 aliphatic rings. The minimum Gasteiger partial charge on any atom is -0.376 e. The van der Waals surface area contributed by atoms with Crippen LogP contribution in [-0.4, -0.2) is 34.6 Å². The molecule has 7 heteroatoms. The fourth-order valence-corrected chi connectivity index (χ4v) is 1.92. The lowest BCUT2D eigenvalue weighted by Crippen LogP contribution is -2.41. The molecule has 4 N–H and O–H groups in total. The van der Waals surface area contributed by atoms with Crippen LogP contribution in [0.15, 0.2) is 12.4 Å². The van der Waals surface area contributed by atoms with Gasteiger partial charge in [-0.15, -0.1) is 0 Å². The second-order valence-corrected chi connectivity index (χ2v) is 4.25. The first-order chi connectivity index (χ1) is 8.70. The van der Waals surface area contributed by atoms with Crippen molar-refractivity contribution in [1.82, 2.24) is 15.3 Å². The van der Waals surface area contributed by atoms with E-state index in [1.807, 2.05) is 6.92 Å². The minimum atomic E-state index is -0.275. The smallest absolute Gasteiger partial charge is 0.271 e. The number of hydrogen-bond acceptors (Lipinski definition) is 6. The molecule has 1 amide bonds. The molecule has 2 rings (SSSR count). The summed E-state index contributed by atoms with van der Waals surface area (Å²) in [5.41, 5.74) is 2.58. The van der Waals surface area contributed by atoms with Gasteiger partial charge in [0.2, 0.25) is 0 Å². The zero-order valence-electron chi connectivity index (χ0n) is 10.2. The van der Waals surface area contributed by atoms with Crippen molar-refractivity contribution in [3.05, 3.63) is 18.1 Å². The number of nitrogens with zero attached hydrogens (tertiary/aromatic N) is 2. The molecule has 0 spiro atoms. The van der Waals surface area contributed by atoms with Crippen molar-refractivity contribution in [2.45, 2.75) is 31.9 Å². The summed E-state index contributed by atoms with van der Waals surface area (Å²) in [5, 5.41) is 2.85. The monoisotopic (exact) mass is 251 g/mol. The van der Waals surface area contributed by atoms with Gasteiger partial charge >= 0.3 is 0 Å². The maximum Gasteiger partial charge on any atom is 0.271 e. The summed E-state index contributed by atoms with van der Waals surface area (Å²) in [6.07, 6.45) is 4.94. The molecule has 2 unspecified atom stereocenters. The number of carbonyl (C=O) groups is 1. The Kier molecular flexibility index (Phi) is 4.06.